The fourth-order valence-corrected chi connectivity index (χ4v) is 4.71. The van der Waals surface area contributed by atoms with Gasteiger partial charge in [-0.15, -0.1) is 0 Å². The molecule has 1 saturated heterocycles. The van der Waals surface area contributed by atoms with Crippen molar-refractivity contribution in [2.75, 3.05) is 6.54 Å². The number of carboxylic acid groups (broad SMARTS) is 1. The number of benzene rings is 3. The van der Waals surface area contributed by atoms with Gasteiger partial charge in [0.1, 0.15) is 18.4 Å². The number of nitrogens with zero attached hydrogens (tertiary/aromatic N) is 1. The van der Waals surface area contributed by atoms with Crippen LogP contribution in [0.3, 0.4) is 0 Å². The summed E-state index contributed by atoms with van der Waals surface area (Å²) in [6.07, 6.45) is 2.61. The molecule has 0 aliphatic carbocycles. The second kappa shape index (κ2) is 10.1. The maximum Gasteiger partial charge on any atom is 0.320 e. The Kier molecular flexibility index (Phi) is 7.05. The first-order valence-corrected chi connectivity index (χ1v) is 11.4. The molecule has 0 aromatic heterocycles. The number of carbonyl (C=O) groups is 1. The fourth-order valence-electron chi connectivity index (χ4n) is 4.30. The van der Waals surface area contributed by atoms with E-state index in [1.807, 2.05) is 60.7 Å². The average molecular weight is 480 g/mol. The summed E-state index contributed by atoms with van der Waals surface area (Å²) >= 11 is 3.58. The van der Waals surface area contributed by atoms with E-state index in [9.17, 15) is 9.90 Å². The monoisotopic (exact) mass is 479 g/mol. The highest BCUT2D eigenvalue weighted by atomic mass is 79.9. The zero-order valence-electron chi connectivity index (χ0n) is 17.3. The molecule has 4 rings (SSSR count). The Morgan fingerprint density at radius 3 is 2.48 bits per heavy atom. The third-order valence-electron chi connectivity index (χ3n) is 5.75. The van der Waals surface area contributed by atoms with Gasteiger partial charge in [0.15, 0.2) is 0 Å². The molecule has 0 spiro atoms. The lowest BCUT2D eigenvalue weighted by Gasteiger charge is -2.39. The van der Waals surface area contributed by atoms with Gasteiger partial charge in [0.2, 0.25) is 0 Å². The van der Waals surface area contributed by atoms with Gasteiger partial charge in [-0.05, 0) is 60.3 Å². The van der Waals surface area contributed by atoms with Crippen LogP contribution in [0.1, 0.15) is 42.0 Å². The number of halogens is 1. The topological polar surface area (TPSA) is 49.8 Å². The quantitative estimate of drug-likeness (QED) is 0.447. The van der Waals surface area contributed by atoms with Crippen molar-refractivity contribution < 1.29 is 14.6 Å². The Balaban J connectivity index is 1.67. The first kappa shape index (κ1) is 21.6. The molecule has 0 radical (unpaired) electrons. The van der Waals surface area contributed by atoms with Crippen molar-refractivity contribution in [3.8, 4) is 5.75 Å². The maximum absolute atomic E-state index is 12.0. The highest BCUT2D eigenvalue weighted by Gasteiger charge is 2.35. The lowest BCUT2D eigenvalue weighted by atomic mass is 9.91. The third-order valence-corrected chi connectivity index (χ3v) is 6.24. The van der Waals surface area contributed by atoms with Crippen molar-refractivity contribution in [1.82, 2.24) is 4.90 Å². The summed E-state index contributed by atoms with van der Waals surface area (Å²) in [6.45, 7) is 1.25. The minimum atomic E-state index is -0.754. The predicted octanol–water partition coefficient (Wildman–Crippen LogP) is 6.06. The molecular formula is C26H26BrNO3. The van der Waals surface area contributed by atoms with E-state index in [1.165, 1.54) is 0 Å². The van der Waals surface area contributed by atoms with Crippen LogP contribution in [-0.4, -0.2) is 28.6 Å². The highest BCUT2D eigenvalue weighted by molar-refractivity contribution is 9.10. The lowest BCUT2D eigenvalue weighted by Crippen LogP contribution is -2.46. The number of rotatable bonds is 7. The minimum Gasteiger partial charge on any atom is -0.489 e. The van der Waals surface area contributed by atoms with Crippen molar-refractivity contribution in [2.24, 2.45) is 0 Å². The molecule has 1 heterocycles. The first-order chi connectivity index (χ1) is 15.1. The van der Waals surface area contributed by atoms with Crippen molar-refractivity contribution in [3.63, 3.8) is 0 Å². The normalized spacial score (nSPS) is 17.8. The van der Waals surface area contributed by atoms with Crippen molar-refractivity contribution >= 4 is 21.9 Å². The van der Waals surface area contributed by atoms with E-state index in [0.29, 0.717) is 13.0 Å². The molecule has 3 aromatic carbocycles. The average Bonchev–Trinajstić information content (AvgIpc) is 2.79. The van der Waals surface area contributed by atoms with E-state index >= 15 is 0 Å². The zero-order chi connectivity index (χ0) is 21.6. The summed E-state index contributed by atoms with van der Waals surface area (Å²) in [5.74, 6) is 0.0291. The molecule has 2 atom stereocenters. The van der Waals surface area contributed by atoms with Crippen LogP contribution in [0.2, 0.25) is 0 Å². The van der Waals surface area contributed by atoms with Gasteiger partial charge in [-0.3, -0.25) is 9.69 Å². The molecule has 0 bridgehead atoms. The van der Waals surface area contributed by atoms with Crippen LogP contribution in [0, 0.1) is 0 Å². The van der Waals surface area contributed by atoms with E-state index < -0.39 is 12.0 Å². The Morgan fingerprint density at radius 1 is 1.00 bits per heavy atom. The maximum atomic E-state index is 12.0. The van der Waals surface area contributed by atoms with Crippen molar-refractivity contribution in [1.29, 1.82) is 0 Å². The van der Waals surface area contributed by atoms with Gasteiger partial charge < -0.3 is 9.84 Å². The summed E-state index contributed by atoms with van der Waals surface area (Å²) < 4.78 is 7.04. The number of aliphatic carboxylic acids is 1. The smallest absolute Gasteiger partial charge is 0.320 e. The largest absolute Gasteiger partial charge is 0.489 e. The van der Waals surface area contributed by atoms with Gasteiger partial charge >= 0.3 is 5.97 Å². The van der Waals surface area contributed by atoms with Crippen LogP contribution >= 0.6 is 15.9 Å². The van der Waals surface area contributed by atoms with Crippen LogP contribution in [0.15, 0.2) is 83.3 Å². The van der Waals surface area contributed by atoms with E-state index in [-0.39, 0.29) is 6.04 Å². The number of likely N-dealkylation sites (tertiary alicyclic amines) is 1. The molecule has 1 N–H and O–H groups in total. The molecule has 3 aromatic rings. The van der Waals surface area contributed by atoms with Gasteiger partial charge in [-0.25, -0.2) is 0 Å². The Hall–Kier alpha value is -2.63. The Morgan fingerprint density at radius 2 is 1.74 bits per heavy atom. The van der Waals surface area contributed by atoms with Gasteiger partial charge in [0.05, 0.1) is 6.04 Å². The molecule has 1 fully saturated rings. The number of piperidine rings is 1. The van der Waals surface area contributed by atoms with Crippen LogP contribution in [0.25, 0.3) is 0 Å². The van der Waals surface area contributed by atoms with Crippen LogP contribution in [-0.2, 0) is 11.4 Å². The van der Waals surface area contributed by atoms with E-state index in [1.54, 1.807) is 0 Å². The third kappa shape index (κ3) is 5.35. The molecule has 0 amide bonds. The molecule has 4 nitrogen and oxygen atoms in total. The van der Waals surface area contributed by atoms with Gasteiger partial charge in [0, 0.05) is 4.47 Å². The van der Waals surface area contributed by atoms with Gasteiger partial charge in [0.25, 0.3) is 0 Å². The first-order valence-electron chi connectivity index (χ1n) is 10.6. The minimum absolute atomic E-state index is 0.154. The summed E-state index contributed by atoms with van der Waals surface area (Å²) in [6, 6.07) is 25.6. The molecular weight excluding hydrogens is 454 g/mol. The summed E-state index contributed by atoms with van der Waals surface area (Å²) in [7, 11) is 0. The predicted molar refractivity (Wildman–Crippen MR) is 125 cm³/mol. The summed E-state index contributed by atoms with van der Waals surface area (Å²) in [5.41, 5.74) is 3.22. The second-order valence-corrected chi connectivity index (χ2v) is 8.81. The van der Waals surface area contributed by atoms with E-state index in [4.69, 9.17) is 4.74 Å². The molecule has 2 unspecified atom stereocenters. The van der Waals surface area contributed by atoms with Crippen LogP contribution < -0.4 is 4.74 Å². The molecule has 5 heteroatoms. The van der Waals surface area contributed by atoms with Crippen LogP contribution in [0.5, 0.6) is 5.75 Å². The number of hydrogen-bond acceptors (Lipinski definition) is 3. The Labute approximate surface area is 191 Å². The van der Waals surface area contributed by atoms with Crippen molar-refractivity contribution in [3.05, 3.63) is 100 Å². The molecule has 1 aliphatic rings. The standard InChI is InChI=1S/C26H26BrNO3/c27-22-12-6-10-20(16-22)25(28-15-5-4-14-24(28)26(29)30)21-11-7-13-23(17-21)31-18-19-8-2-1-3-9-19/h1-3,6-13,16-17,24-25H,4-5,14-15,18H2,(H,29,30). The van der Waals surface area contributed by atoms with Crippen LogP contribution in [0.4, 0.5) is 0 Å². The van der Waals surface area contributed by atoms with Crippen molar-refractivity contribution in [2.45, 2.75) is 38.0 Å². The molecule has 0 saturated carbocycles. The second-order valence-electron chi connectivity index (χ2n) is 7.89. The molecule has 160 valence electrons. The zero-order valence-corrected chi connectivity index (χ0v) is 18.9. The Bertz CT molecular complexity index is 1020. The molecule has 1 aliphatic heterocycles. The van der Waals surface area contributed by atoms with E-state index in [0.717, 1.165) is 46.3 Å². The SMILES string of the molecule is O=C(O)C1CCCCN1C(c1cccc(Br)c1)c1cccc(OCc2ccccc2)c1. The number of hydrogen-bond donors (Lipinski definition) is 1. The van der Waals surface area contributed by atoms with Gasteiger partial charge in [-0.2, -0.15) is 0 Å². The fraction of sp³-hybridized carbons (Fsp3) is 0.269. The number of carboxylic acids is 1. The number of ether oxygens (including phenoxy) is 1. The summed E-state index contributed by atoms with van der Waals surface area (Å²) in [4.78, 5) is 14.2. The highest BCUT2D eigenvalue weighted by Crippen LogP contribution is 2.36. The molecule has 31 heavy (non-hydrogen) atoms. The summed E-state index contributed by atoms with van der Waals surface area (Å²) in [5, 5.41) is 9.90. The lowest BCUT2D eigenvalue weighted by molar-refractivity contribution is -0.145. The van der Waals surface area contributed by atoms with E-state index in [2.05, 4.69) is 39.0 Å². The van der Waals surface area contributed by atoms with Gasteiger partial charge in [-0.1, -0.05) is 76.9 Å².